The Kier molecular flexibility index (Phi) is 4.74. The lowest BCUT2D eigenvalue weighted by Gasteiger charge is -2.14. The van der Waals surface area contributed by atoms with E-state index in [1.54, 1.807) is 49.2 Å². The van der Waals surface area contributed by atoms with Crippen molar-refractivity contribution in [2.24, 2.45) is 0 Å². The number of hydrogen-bond donors (Lipinski definition) is 1. The molecule has 1 N–H and O–H groups in total. The van der Waals surface area contributed by atoms with Gasteiger partial charge in [0.1, 0.15) is 0 Å². The number of halogens is 2. The van der Waals surface area contributed by atoms with Crippen LogP contribution in [0, 0.1) is 12.3 Å². The molecule has 28 heavy (non-hydrogen) atoms. The number of pyridine rings is 1. The lowest BCUT2D eigenvalue weighted by atomic mass is 10.1. The molecular formula is C21H12Cl2N4O. The zero-order chi connectivity index (χ0) is 19.7. The van der Waals surface area contributed by atoms with Crippen molar-refractivity contribution in [2.45, 2.75) is 0 Å². The fraction of sp³-hybridized carbons (Fsp3) is 0. The van der Waals surface area contributed by atoms with E-state index in [2.05, 4.69) is 21.2 Å². The minimum absolute atomic E-state index is 0.206. The Bertz CT molecular complexity index is 1220. The zero-order valence-corrected chi connectivity index (χ0v) is 15.9. The molecule has 136 valence electrons. The van der Waals surface area contributed by atoms with Crippen molar-refractivity contribution in [3.05, 3.63) is 82.5 Å². The molecular weight excluding hydrogens is 395 g/mol. The van der Waals surface area contributed by atoms with Gasteiger partial charge in [0.25, 0.3) is 5.91 Å². The number of aromatic nitrogens is 3. The summed E-state index contributed by atoms with van der Waals surface area (Å²) < 4.78 is 1.82. The van der Waals surface area contributed by atoms with Gasteiger partial charge in [-0.1, -0.05) is 47.3 Å². The SMILES string of the molecule is C#Cc1cnc2c(NC(=O)c3c(Cl)cccc3Cl)cccc2c1-n1ccnc1. The summed E-state index contributed by atoms with van der Waals surface area (Å²) in [5, 5.41) is 4.16. The number of benzene rings is 2. The average molecular weight is 407 g/mol. The van der Waals surface area contributed by atoms with Crippen LogP contribution in [0.3, 0.4) is 0 Å². The molecule has 4 aromatic rings. The number of terminal acetylenes is 1. The fourth-order valence-corrected chi connectivity index (χ4v) is 3.55. The Morgan fingerprint density at radius 2 is 1.89 bits per heavy atom. The van der Waals surface area contributed by atoms with Gasteiger partial charge in [0.05, 0.1) is 44.4 Å². The minimum atomic E-state index is -0.421. The van der Waals surface area contributed by atoms with Gasteiger partial charge in [-0.2, -0.15) is 0 Å². The number of fused-ring (bicyclic) bond motifs is 1. The summed E-state index contributed by atoms with van der Waals surface area (Å²) >= 11 is 12.3. The van der Waals surface area contributed by atoms with Gasteiger partial charge in [0.15, 0.2) is 0 Å². The third-order valence-electron chi connectivity index (χ3n) is 4.23. The molecule has 0 fully saturated rings. The normalized spacial score (nSPS) is 10.6. The van der Waals surface area contributed by atoms with E-state index in [9.17, 15) is 4.79 Å². The quantitative estimate of drug-likeness (QED) is 0.489. The van der Waals surface area contributed by atoms with Crippen LogP contribution in [0.15, 0.2) is 61.3 Å². The molecule has 0 saturated heterocycles. The molecule has 0 atom stereocenters. The molecule has 0 aliphatic heterocycles. The molecule has 1 amide bonds. The van der Waals surface area contributed by atoms with E-state index in [0.29, 0.717) is 16.8 Å². The van der Waals surface area contributed by atoms with Crippen LogP contribution >= 0.6 is 23.2 Å². The van der Waals surface area contributed by atoms with Gasteiger partial charge in [-0.05, 0) is 18.2 Å². The molecule has 7 heteroatoms. The maximum Gasteiger partial charge on any atom is 0.258 e. The van der Waals surface area contributed by atoms with Crippen LogP contribution in [0.4, 0.5) is 5.69 Å². The highest BCUT2D eigenvalue weighted by Gasteiger charge is 2.17. The summed E-state index contributed by atoms with van der Waals surface area (Å²) in [5.41, 5.74) is 2.68. The molecule has 0 saturated carbocycles. The van der Waals surface area contributed by atoms with Crippen LogP contribution in [0.5, 0.6) is 0 Å². The highest BCUT2D eigenvalue weighted by Crippen LogP contribution is 2.30. The average Bonchev–Trinajstić information content (AvgIpc) is 3.21. The first-order valence-electron chi connectivity index (χ1n) is 8.22. The van der Waals surface area contributed by atoms with Crippen LogP contribution in [-0.2, 0) is 0 Å². The monoisotopic (exact) mass is 406 g/mol. The summed E-state index contributed by atoms with van der Waals surface area (Å²) in [7, 11) is 0. The zero-order valence-electron chi connectivity index (χ0n) is 14.4. The minimum Gasteiger partial charge on any atom is -0.320 e. The van der Waals surface area contributed by atoms with Gasteiger partial charge in [0.2, 0.25) is 0 Å². The van der Waals surface area contributed by atoms with Crippen molar-refractivity contribution >= 4 is 45.7 Å². The first-order valence-corrected chi connectivity index (χ1v) is 8.97. The summed E-state index contributed by atoms with van der Waals surface area (Å²) in [6.45, 7) is 0. The fourth-order valence-electron chi connectivity index (χ4n) is 2.98. The van der Waals surface area contributed by atoms with E-state index >= 15 is 0 Å². The number of anilines is 1. The maximum absolute atomic E-state index is 12.8. The predicted octanol–water partition coefficient (Wildman–Crippen LogP) is 4.96. The van der Waals surface area contributed by atoms with Crippen molar-refractivity contribution in [1.29, 1.82) is 0 Å². The molecule has 0 aliphatic rings. The smallest absolute Gasteiger partial charge is 0.258 e. The largest absolute Gasteiger partial charge is 0.320 e. The third-order valence-corrected chi connectivity index (χ3v) is 4.86. The lowest BCUT2D eigenvalue weighted by Crippen LogP contribution is -2.14. The molecule has 2 aromatic heterocycles. The number of nitrogens with one attached hydrogen (secondary N) is 1. The van der Waals surface area contributed by atoms with E-state index in [1.165, 1.54) is 0 Å². The third kappa shape index (κ3) is 3.09. The second-order valence-electron chi connectivity index (χ2n) is 5.89. The van der Waals surface area contributed by atoms with Crippen molar-refractivity contribution in [2.75, 3.05) is 5.32 Å². The number of rotatable bonds is 3. The van der Waals surface area contributed by atoms with E-state index in [1.807, 2.05) is 16.7 Å². The number of hydrogen-bond acceptors (Lipinski definition) is 3. The molecule has 0 radical (unpaired) electrons. The van der Waals surface area contributed by atoms with Gasteiger partial charge < -0.3 is 9.88 Å². The molecule has 0 bridgehead atoms. The summed E-state index contributed by atoms with van der Waals surface area (Å²) in [6.07, 6.45) is 12.4. The molecule has 5 nitrogen and oxygen atoms in total. The summed E-state index contributed by atoms with van der Waals surface area (Å²) in [4.78, 5) is 21.3. The highest BCUT2D eigenvalue weighted by atomic mass is 35.5. The second kappa shape index (κ2) is 7.35. The number of carbonyl (C=O) groups excluding carboxylic acids is 1. The molecule has 0 unspecified atom stereocenters. The van der Waals surface area contributed by atoms with Crippen molar-refractivity contribution in [3.63, 3.8) is 0 Å². The van der Waals surface area contributed by atoms with Gasteiger partial charge >= 0.3 is 0 Å². The Balaban J connectivity index is 1.85. The van der Waals surface area contributed by atoms with Crippen LogP contribution in [0.2, 0.25) is 10.0 Å². The molecule has 2 aromatic carbocycles. The molecule has 2 heterocycles. The van der Waals surface area contributed by atoms with E-state index in [4.69, 9.17) is 29.6 Å². The Hall–Kier alpha value is -3.33. The topological polar surface area (TPSA) is 59.8 Å². The molecule has 4 rings (SSSR count). The second-order valence-corrected chi connectivity index (χ2v) is 6.70. The predicted molar refractivity (Wildman–Crippen MR) is 111 cm³/mol. The lowest BCUT2D eigenvalue weighted by molar-refractivity contribution is 0.102. The molecule has 0 spiro atoms. The number of imidazole rings is 1. The number of carbonyl (C=O) groups is 1. The van der Waals surface area contributed by atoms with Gasteiger partial charge in [-0.3, -0.25) is 9.78 Å². The highest BCUT2D eigenvalue weighted by molar-refractivity contribution is 6.40. The Morgan fingerprint density at radius 1 is 1.14 bits per heavy atom. The number of amides is 1. The molecule has 0 aliphatic carbocycles. The van der Waals surface area contributed by atoms with Crippen LogP contribution < -0.4 is 5.32 Å². The van der Waals surface area contributed by atoms with E-state index < -0.39 is 5.91 Å². The first-order chi connectivity index (χ1) is 13.6. The van der Waals surface area contributed by atoms with Crippen LogP contribution in [0.25, 0.3) is 16.6 Å². The summed E-state index contributed by atoms with van der Waals surface area (Å²) in [6, 6.07) is 10.4. The number of nitrogens with zero attached hydrogens (tertiary/aromatic N) is 3. The van der Waals surface area contributed by atoms with E-state index in [-0.39, 0.29) is 15.6 Å². The Morgan fingerprint density at radius 3 is 2.57 bits per heavy atom. The number of para-hydroxylation sites is 1. The first kappa shape index (κ1) is 18.1. The van der Waals surface area contributed by atoms with E-state index in [0.717, 1.165) is 11.1 Å². The van der Waals surface area contributed by atoms with Crippen molar-refractivity contribution in [3.8, 4) is 18.0 Å². The van der Waals surface area contributed by atoms with Gasteiger partial charge in [-0.15, -0.1) is 6.42 Å². The summed E-state index contributed by atoms with van der Waals surface area (Å²) in [5.74, 6) is 2.22. The van der Waals surface area contributed by atoms with Gasteiger partial charge in [-0.25, -0.2) is 4.98 Å². The van der Waals surface area contributed by atoms with Crippen molar-refractivity contribution < 1.29 is 4.79 Å². The van der Waals surface area contributed by atoms with Crippen molar-refractivity contribution in [1.82, 2.24) is 14.5 Å². The van der Waals surface area contributed by atoms with Crippen LogP contribution in [0.1, 0.15) is 15.9 Å². The Labute approximate surface area is 170 Å². The van der Waals surface area contributed by atoms with Gasteiger partial charge in [0, 0.05) is 24.0 Å². The standard InChI is InChI=1S/C21H12Cl2N4O/c1-2-13-11-25-19-14(20(13)27-10-9-24-12-27)5-3-8-17(19)26-21(28)18-15(22)6-4-7-16(18)23/h1,3-12H,(H,26,28). The van der Waals surface area contributed by atoms with Crippen LogP contribution in [-0.4, -0.2) is 20.4 Å². The maximum atomic E-state index is 12.8.